The Hall–Kier alpha value is 0.710. The van der Waals surface area contributed by atoms with E-state index >= 15 is 0 Å². The van der Waals surface area contributed by atoms with Gasteiger partial charge in [-0.3, -0.25) is 4.55 Å². The zero-order valence-electron chi connectivity index (χ0n) is 8.16. The van der Waals surface area contributed by atoms with E-state index in [9.17, 15) is 8.42 Å². The van der Waals surface area contributed by atoms with Crippen LogP contribution in [0.5, 0.6) is 0 Å². The maximum absolute atomic E-state index is 10.9. The Balaban J connectivity index is 0.00000225. The van der Waals surface area contributed by atoms with Crippen molar-refractivity contribution in [2.45, 2.75) is 24.7 Å². The zero-order chi connectivity index (χ0) is 11.8. The molecule has 3 nitrogen and oxygen atoms in total. The fourth-order valence-electron chi connectivity index (χ4n) is 1.26. The van der Waals surface area contributed by atoms with E-state index in [1.165, 1.54) is 12.1 Å². The number of hydrogen-bond donors (Lipinski definition) is 1. The van der Waals surface area contributed by atoms with Crippen molar-refractivity contribution in [1.29, 1.82) is 0 Å². The molecule has 16 heavy (non-hydrogen) atoms. The molecule has 0 bridgehead atoms. The van der Waals surface area contributed by atoms with Crippen LogP contribution < -0.4 is 0 Å². The topological polar surface area (TPSA) is 54.4 Å². The molecule has 0 aromatic heterocycles. The van der Waals surface area contributed by atoms with Crippen LogP contribution in [0.3, 0.4) is 0 Å². The first-order valence-electron chi connectivity index (χ1n) is 4.20. The summed E-state index contributed by atoms with van der Waals surface area (Å²) in [6.45, 7) is 3.78. The van der Waals surface area contributed by atoms with Gasteiger partial charge in [0.05, 0.1) is 4.90 Å². The summed E-state index contributed by atoms with van der Waals surface area (Å²) < 4.78 is 30.5. The molecule has 0 aliphatic heterocycles. The van der Waals surface area contributed by atoms with Gasteiger partial charge in [-0.2, -0.15) is 8.42 Å². The average Bonchev–Trinajstić information content (AvgIpc) is 1.99. The standard InChI is InChI=1S/C9H10Cl2O3S.Na.H/c1-5(2)9-7(10)3-6(4-8(9)11)15(12,13)14;;/h3-5H,1-2H3,(H,12,13,14);;. The molecule has 0 amide bonds. The first kappa shape index (κ1) is 16.7. The van der Waals surface area contributed by atoms with E-state index in [0.29, 0.717) is 5.56 Å². The SMILES string of the molecule is CC(C)c1c(Cl)cc(S(=O)(=O)O)cc1Cl.[NaH]. The van der Waals surface area contributed by atoms with Crippen molar-refractivity contribution in [3.63, 3.8) is 0 Å². The number of rotatable bonds is 2. The van der Waals surface area contributed by atoms with E-state index in [2.05, 4.69) is 0 Å². The van der Waals surface area contributed by atoms with Crippen LogP contribution in [0.2, 0.25) is 10.0 Å². The third kappa shape index (κ3) is 3.88. The predicted molar refractivity (Wildman–Crippen MR) is 67.5 cm³/mol. The van der Waals surface area contributed by atoms with Gasteiger partial charge in [-0.05, 0) is 23.6 Å². The third-order valence-corrected chi connectivity index (χ3v) is 3.38. The van der Waals surface area contributed by atoms with Crippen LogP contribution in [0, 0.1) is 0 Å². The second-order valence-electron chi connectivity index (χ2n) is 3.43. The third-order valence-electron chi connectivity index (χ3n) is 1.93. The first-order chi connectivity index (χ1) is 6.73. The summed E-state index contributed by atoms with van der Waals surface area (Å²) in [5.41, 5.74) is 0.672. The van der Waals surface area contributed by atoms with Crippen LogP contribution >= 0.6 is 23.2 Å². The van der Waals surface area contributed by atoms with Gasteiger partial charge in [0.2, 0.25) is 0 Å². The van der Waals surface area contributed by atoms with Crippen LogP contribution in [0.4, 0.5) is 0 Å². The van der Waals surface area contributed by atoms with Crippen LogP contribution in [0.25, 0.3) is 0 Å². The van der Waals surface area contributed by atoms with Gasteiger partial charge in [0, 0.05) is 10.0 Å². The molecule has 0 unspecified atom stereocenters. The fourth-order valence-corrected chi connectivity index (χ4v) is 2.85. The van der Waals surface area contributed by atoms with Gasteiger partial charge < -0.3 is 0 Å². The van der Waals surface area contributed by atoms with Gasteiger partial charge in [-0.1, -0.05) is 37.0 Å². The molecule has 7 heteroatoms. The van der Waals surface area contributed by atoms with Crippen molar-refractivity contribution in [3.05, 3.63) is 27.7 Å². The second-order valence-corrected chi connectivity index (χ2v) is 5.67. The maximum atomic E-state index is 10.9. The second kappa shape index (κ2) is 6.05. The van der Waals surface area contributed by atoms with Crippen molar-refractivity contribution in [2.75, 3.05) is 0 Å². The number of halogens is 2. The van der Waals surface area contributed by atoms with E-state index in [4.69, 9.17) is 27.8 Å². The Morgan fingerprint density at radius 3 is 1.81 bits per heavy atom. The van der Waals surface area contributed by atoms with E-state index in [0.717, 1.165) is 0 Å². The van der Waals surface area contributed by atoms with Gasteiger partial charge >= 0.3 is 29.6 Å². The van der Waals surface area contributed by atoms with Crippen molar-refractivity contribution in [1.82, 2.24) is 0 Å². The minimum atomic E-state index is -4.26. The monoisotopic (exact) mass is 292 g/mol. The van der Waals surface area contributed by atoms with Gasteiger partial charge in [-0.15, -0.1) is 0 Å². The molecule has 0 saturated heterocycles. The number of benzene rings is 1. The normalized spacial score (nSPS) is 11.4. The molecule has 0 spiro atoms. The molecule has 0 radical (unpaired) electrons. The van der Waals surface area contributed by atoms with Crippen molar-refractivity contribution >= 4 is 62.9 Å². The van der Waals surface area contributed by atoms with E-state index < -0.39 is 10.1 Å². The molecular formula is C9H11Cl2NaO3S. The van der Waals surface area contributed by atoms with E-state index in [1.807, 2.05) is 13.8 Å². The molecule has 0 aliphatic rings. The summed E-state index contributed by atoms with van der Waals surface area (Å²) in [6, 6.07) is 2.39. The van der Waals surface area contributed by atoms with Gasteiger partial charge in [0.25, 0.3) is 10.1 Å². The summed E-state index contributed by atoms with van der Waals surface area (Å²) >= 11 is 11.8. The quantitative estimate of drug-likeness (QED) is 0.674. The molecular weight excluding hydrogens is 282 g/mol. The molecule has 0 aliphatic carbocycles. The van der Waals surface area contributed by atoms with Gasteiger partial charge in [0.15, 0.2) is 0 Å². The van der Waals surface area contributed by atoms with Crippen LogP contribution in [0.1, 0.15) is 25.3 Å². The van der Waals surface area contributed by atoms with Crippen LogP contribution in [-0.2, 0) is 10.1 Å². The first-order valence-corrected chi connectivity index (χ1v) is 6.39. The fraction of sp³-hybridized carbons (Fsp3) is 0.333. The Labute approximate surface area is 127 Å². The molecule has 0 saturated carbocycles. The Morgan fingerprint density at radius 1 is 1.19 bits per heavy atom. The van der Waals surface area contributed by atoms with Crippen molar-refractivity contribution < 1.29 is 13.0 Å². The van der Waals surface area contributed by atoms with Crippen LogP contribution in [-0.4, -0.2) is 42.5 Å². The molecule has 0 atom stereocenters. The van der Waals surface area contributed by atoms with Gasteiger partial charge in [0.1, 0.15) is 0 Å². The van der Waals surface area contributed by atoms with E-state index in [1.54, 1.807) is 0 Å². The van der Waals surface area contributed by atoms with Crippen molar-refractivity contribution in [3.8, 4) is 0 Å². The molecule has 1 aromatic carbocycles. The van der Waals surface area contributed by atoms with Crippen molar-refractivity contribution in [2.24, 2.45) is 0 Å². The molecule has 1 N–H and O–H groups in total. The summed E-state index contributed by atoms with van der Waals surface area (Å²) in [6.07, 6.45) is 0. The summed E-state index contributed by atoms with van der Waals surface area (Å²) in [5.74, 6) is 0.0837. The molecule has 0 heterocycles. The molecule has 0 fully saturated rings. The Morgan fingerprint density at radius 2 is 1.56 bits per heavy atom. The van der Waals surface area contributed by atoms with E-state index in [-0.39, 0.29) is 50.4 Å². The predicted octanol–water partition coefficient (Wildman–Crippen LogP) is 2.72. The summed E-state index contributed by atoms with van der Waals surface area (Å²) in [7, 11) is -4.26. The Bertz CT molecular complexity index is 463. The molecule has 1 aromatic rings. The minimum absolute atomic E-state index is 0. The van der Waals surface area contributed by atoms with Gasteiger partial charge in [-0.25, -0.2) is 0 Å². The zero-order valence-corrected chi connectivity index (χ0v) is 10.5. The summed E-state index contributed by atoms with van der Waals surface area (Å²) in [4.78, 5) is -0.290. The summed E-state index contributed by atoms with van der Waals surface area (Å²) in [5, 5.41) is 0.482. The molecule has 86 valence electrons. The average molecular weight is 293 g/mol. The Kier molecular flexibility index (Phi) is 6.32. The number of hydrogen-bond acceptors (Lipinski definition) is 2. The molecule has 1 rings (SSSR count). The van der Waals surface area contributed by atoms with Crippen LogP contribution in [0.15, 0.2) is 17.0 Å².